The van der Waals surface area contributed by atoms with Gasteiger partial charge in [-0.15, -0.1) is 0 Å². The lowest BCUT2D eigenvalue weighted by molar-refractivity contribution is -0.140. The fraction of sp³-hybridized carbons (Fsp3) is 0.273. The third-order valence-corrected chi connectivity index (χ3v) is 4.78. The molecule has 2 aromatic carbocycles. The highest BCUT2D eigenvalue weighted by atomic mass is 16.5. The van der Waals surface area contributed by atoms with E-state index in [4.69, 9.17) is 4.74 Å². The molecule has 0 bridgehead atoms. The molecular formula is C22H24N2O4. The zero-order chi connectivity index (χ0) is 20.3. The number of carbonyl (C=O) groups is 2. The lowest BCUT2D eigenvalue weighted by Crippen LogP contribution is -2.35. The van der Waals surface area contributed by atoms with Gasteiger partial charge in [0.05, 0.1) is 18.7 Å². The maximum Gasteiger partial charge on any atom is 0.295 e. The Kier molecular flexibility index (Phi) is 5.80. The molecule has 0 aromatic heterocycles. The van der Waals surface area contributed by atoms with Gasteiger partial charge in [0.15, 0.2) is 0 Å². The number of ketones is 1. The normalized spacial score (nSPS) is 18.7. The van der Waals surface area contributed by atoms with Crippen LogP contribution in [0.2, 0.25) is 0 Å². The topological polar surface area (TPSA) is 70.1 Å². The van der Waals surface area contributed by atoms with Crippen LogP contribution in [0.1, 0.15) is 17.2 Å². The van der Waals surface area contributed by atoms with Gasteiger partial charge in [0, 0.05) is 18.7 Å². The van der Waals surface area contributed by atoms with Crippen LogP contribution < -0.4 is 4.74 Å². The Morgan fingerprint density at radius 3 is 2.46 bits per heavy atom. The molecule has 1 atom stereocenters. The van der Waals surface area contributed by atoms with Crippen LogP contribution in [-0.2, 0) is 9.59 Å². The SMILES string of the molecule is COc1cccc([C@@H]2C(=C(O)c3ccccc3)C(=O)C(=O)N2CCN(C)C)c1. The highest BCUT2D eigenvalue weighted by molar-refractivity contribution is 6.46. The first kappa shape index (κ1) is 19.6. The minimum atomic E-state index is -0.673. The van der Waals surface area contributed by atoms with Gasteiger partial charge in [-0.1, -0.05) is 42.5 Å². The number of aliphatic hydroxyl groups is 1. The monoisotopic (exact) mass is 380 g/mol. The zero-order valence-electron chi connectivity index (χ0n) is 16.3. The van der Waals surface area contributed by atoms with E-state index in [2.05, 4.69) is 0 Å². The van der Waals surface area contributed by atoms with Gasteiger partial charge in [-0.2, -0.15) is 0 Å². The zero-order valence-corrected chi connectivity index (χ0v) is 16.3. The number of likely N-dealkylation sites (N-methyl/N-ethyl adjacent to an activating group) is 1. The molecule has 3 rings (SSSR count). The average Bonchev–Trinajstić information content (AvgIpc) is 2.97. The summed E-state index contributed by atoms with van der Waals surface area (Å²) in [6.07, 6.45) is 0. The molecule has 1 N–H and O–H groups in total. The molecule has 1 amide bonds. The van der Waals surface area contributed by atoms with Crippen LogP contribution in [0.25, 0.3) is 5.76 Å². The van der Waals surface area contributed by atoms with E-state index >= 15 is 0 Å². The van der Waals surface area contributed by atoms with E-state index in [1.54, 1.807) is 43.5 Å². The van der Waals surface area contributed by atoms with Crippen molar-refractivity contribution in [1.29, 1.82) is 0 Å². The van der Waals surface area contributed by atoms with Crippen LogP contribution in [0.5, 0.6) is 5.75 Å². The van der Waals surface area contributed by atoms with Crippen LogP contribution in [0.15, 0.2) is 60.2 Å². The van der Waals surface area contributed by atoms with E-state index in [1.165, 1.54) is 4.90 Å². The predicted octanol–water partition coefficient (Wildman–Crippen LogP) is 2.68. The van der Waals surface area contributed by atoms with Gasteiger partial charge in [0.25, 0.3) is 11.7 Å². The van der Waals surface area contributed by atoms with E-state index < -0.39 is 17.7 Å². The number of aliphatic hydroxyl groups excluding tert-OH is 1. The molecule has 0 spiro atoms. The molecule has 1 fully saturated rings. The minimum absolute atomic E-state index is 0.100. The summed E-state index contributed by atoms with van der Waals surface area (Å²) in [4.78, 5) is 29.1. The van der Waals surface area contributed by atoms with Crippen molar-refractivity contribution >= 4 is 17.4 Å². The van der Waals surface area contributed by atoms with Crippen molar-refractivity contribution in [1.82, 2.24) is 9.80 Å². The summed E-state index contributed by atoms with van der Waals surface area (Å²) < 4.78 is 5.31. The van der Waals surface area contributed by atoms with Crippen molar-refractivity contribution in [2.75, 3.05) is 34.3 Å². The third kappa shape index (κ3) is 3.77. The lowest BCUT2D eigenvalue weighted by Gasteiger charge is -2.26. The van der Waals surface area contributed by atoms with Crippen molar-refractivity contribution in [3.63, 3.8) is 0 Å². The summed E-state index contributed by atoms with van der Waals surface area (Å²) in [5.74, 6) is -0.824. The molecule has 0 aliphatic carbocycles. The molecule has 146 valence electrons. The number of hydrogen-bond acceptors (Lipinski definition) is 5. The van der Waals surface area contributed by atoms with Crippen molar-refractivity contribution in [3.8, 4) is 5.75 Å². The Labute approximate surface area is 164 Å². The smallest absolute Gasteiger partial charge is 0.295 e. The number of hydrogen-bond donors (Lipinski definition) is 1. The van der Waals surface area contributed by atoms with Crippen molar-refractivity contribution in [3.05, 3.63) is 71.3 Å². The van der Waals surface area contributed by atoms with Gasteiger partial charge in [-0.05, 0) is 31.8 Å². The molecule has 28 heavy (non-hydrogen) atoms. The second-order valence-corrected chi connectivity index (χ2v) is 6.94. The van der Waals surface area contributed by atoms with E-state index in [1.807, 2.05) is 37.2 Å². The quantitative estimate of drug-likeness (QED) is 0.474. The first-order chi connectivity index (χ1) is 13.4. The van der Waals surface area contributed by atoms with Crippen LogP contribution in [0.4, 0.5) is 0 Å². The summed E-state index contributed by atoms with van der Waals surface area (Å²) in [6.45, 7) is 0.962. The number of likely N-dealkylation sites (tertiary alicyclic amines) is 1. The fourth-order valence-corrected chi connectivity index (χ4v) is 3.33. The third-order valence-electron chi connectivity index (χ3n) is 4.78. The molecular weight excluding hydrogens is 356 g/mol. The first-order valence-electron chi connectivity index (χ1n) is 9.06. The van der Waals surface area contributed by atoms with Gasteiger partial charge in [0.1, 0.15) is 11.5 Å². The minimum Gasteiger partial charge on any atom is -0.507 e. The number of carbonyl (C=O) groups excluding carboxylic acids is 2. The van der Waals surface area contributed by atoms with Crippen LogP contribution >= 0.6 is 0 Å². The second kappa shape index (κ2) is 8.27. The number of methoxy groups -OCH3 is 1. The summed E-state index contributed by atoms with van der Waals surface area (Å²) >= 11 is 0. The summed E-state index contributed by atoms with van der Waals surface area (Å²) in [7, 11) is 5.37. The van der Waals surface area contributed by atoms with Gasteiger partial charge < -0.3 is 19.6 Å². The Bertz CT molecular complexity index is 906. The molecule has 0 saturated carbocycles. The van der Waals surface area contributed by atoms with Gasteiger partial charge in [-0.3, -0.25) is 9.59 Å². The standard InChI is InChI=1S/C22H24N2O4/c1-23(2)12-13-24-19(16-10-7-11-17(14-16)28-3)18(21(26)22(24)27)20(25)15-8-5-4-6-9-15/h4-11,14,19,25H,12-13H2,1-3H3/t19-/m1/s1. The van der Waals surface area contributed by atoms with Crippen LogP contribution in [0, 0.1) is 0 Å². The van der Waals surface area contributed by atoms with E-state index in [9.17, 15) is 14.7 Å². The molecule has 6 nitrogen and oxygen atoms in total. The molecule has 0 radical (unpaired) electrons. The average molecular weight is 380 g/mol. The molecule has 1 saturated heterocycles. The van der Waals surface area contributed by atoms with Crippen LogP contribution in [0.3, 0.4) is 0 Å². The molecule has 0 unspecified atom stereocenters. The fourth-order valence-electron chi connectivity index (χ4n) is 3.33. The Hall–Kier alpha value is -3.12. The van der Waals surface area contributed by atoms with E-state index in [0.29, 0.717) is 24.4 Å². The summed E-state index contributed by atoms with van der Waals surface area (Å²) in [6, 6.07) is 15.4. The summed E-state index contributed by atoms with van der Waals surface area (Å²) in [5.41, 5.74) is 1.32. The second-order valence-electron chi connectivity index (χ2n) is 6.94. The largest absolute Gasteiger partial charge is 0.507 e. The highest BCUT2D eigenvalue weighted by Crippen LogP contribution is 2.40. The first-order valence-corrected chi connectivity index (χ1v) is 9.06. The van der Waals surface area contributed by atoms with Crippen molar-refractivity contribution < 1.29 is 19.4 Å². The van der Waals surface area contributed by atoms with Crippen molar-refractivity contribution in [2.45, 2.75) is 6.04 Å². The van der Waals surface area contributed by atoms with Crippen LogP contribution in [-0.4, -0.2) is 60.9 Å². The highest BCUT2D eigenvalue weighted by Gasteiger charge is 2.45. The Balaban J connectivity index is 2.15. The molecule has 6 heteroatoms. The number of amides is 1. The molecule has 2 aromatic rings. The number of rotatable bonds is 6. The van der Waals surface area contributed by atoms with E-state index in [0.717, 1.165) is 5.56 Å². The molecule has 1 aliphatic heterocycles. The Morgan fingerprint density at radius 1 is 1.11 bits per heavy atom. The molecule has 1 aliphatic rings. The van der Waals surface area contributed by atoms with Gasteiger partial charge in [-0.25, -0.2) is 0 Å². The molecule has 1 heterocycles. The lowest BCUT2D eigenvalue weighted by atomic mass is 9.95. The maximum absolute atomic E-state index is 12.9. The van der Waals surface area contributed by atoms with Gasteiger partial charge in [0.2, 0.25) is 0 Å². The maximum atomic E-state index is 12.9. The summed E-state index contributed by atoms with van der Waals surface area (Å²) in [5, 5.41) is 10.9. The Morgan fingerprint density at radius 2 is 1.82 bits per heavy atom. The van der Waals surface area contributed by atoms with Crippen molar-refractivity contribution in [2.24, 2.45) is 0 Å². The number of benzene rings is 2. The number of ether oxygens (including phenoxy) is 1. The predicted molar refractivity (Wildman–Crippen MR) is 107 cm³/mol. The van der Waals surface area contributed by atoms with E-state index in [-0.39, 0.29) is 11.3 Å². The number of nitrogens with zero attached hydrogens (tertiary/aromatic N) is 2. The number of Topliss-reactive ketones (excluding diaryl/α,β-unsaturated/α-hetero) is 1. The van der Waals surface area contributed by atoms with Gasteiger partial charge >= 0.3 is 0 Å².